The zero-order chi connectivity index (χ0) is 23.6. The monoisotopic (exact) mass is 459 g/mol. The quantitative estimate of drug-likeness (QED) is 0.305. The summed E-state index contributed by atoms with van der Waals surface area (Å²) in [6, 6.07) is 26.0. The number of hydrogen-bond donors (Lipinski definition) is 0. The second kappa shape index (κ2) is 7.95. The molecule has 1 heterocycles. The van der Waals surface area contributed by atoms with E-state index >= 15 is 0 Å². The Morgan fingerprint density at radius 1 is 0.714 bits per heavy atom. The standard InChI is InChI=1S/C33H33NO/c1-21-13-26(10-12-32(21)35-33(2)29-15-22-14-23(17-29)18-30(33)16-22)28-9-11-31(34-20-28)27-8-7-24-5-3-4-6-25(24)19-27/h3-13,19-20,22-23,29-30H,14-18H2,1-2H3. The van der Waals surface area contributed by atoms with Crippen molar-refractivity contribution < 1.29 is 4.74 Å². The van der Waals surface area contributed by atoms with E-state index in [1.807, 2.05) is 6.20 Å². The molecule has 3 aromatic carbocycles. The van der Waals surface area contributed by atoms with Crippen molar-refractivity contribution in [3.05, 3.63) is 84.6 Å². The molecule has 2 nitrogen and oxygen atoms in total. The molecule has 0 spiro atoms. The fourth-order valence-electron chi connectivity index (χ4n) is 7.55. The Morgan fingerprint density at radius 3 is 2.09 bits per heavy atom. The number of ether oxygens (including phenoxy) is 1. The van der Waals surface area contributed by atoms with Gasteiger partial charge in [-0.3, -0.25) is 4.98 Å². The van der Waals surface area contributed by atoms with Crippen LogP contribution < -0.4 is 4.74 Å². The van der Waals surface area contributed by atoms with E-state index in [9.17, 15) is 0 Å². The van der Waals surface area contributed by atoms with Crippen LogP contribution in [0.15, 0.2) is 79.0 Å². The topological polar surface area (TPSA) is 22.1 Å². The molecule has 0 atom stereocenters. The highest BCUT2D eigenvalue weighted by Gasteiger charge is 2.56. The molecule has 4 bridgehead atoms. The lowest BCUT2D eigenvalue weighted by atomic mass is 9.50. The lowest BCUT2D eigenvalue weighted by Crippen LogP contribution is -2.59. The second-order valence-electron chi connectivity index (χ2n) is 11.6. The van der Waals surface area contributed by atoms with E-state index in [-0.39, 0.29) is 5.60 Å². The fourth-order valence-corrected chi connectivity index (χ4v) is 7.55. The Morgan fingerprint density at radius 2 is 1.40 bits per heavy atom. The summed E-state index contributed by atoms with van der Waals surface area (Å²) >= 11 is 0. The number of benzene rings is 3. The third-order valence-corrected chi connectivity index (χ3v) is 9.41. The Hall–Kier alpha value is -3.13. The Labute approximate surface area is 208 Å². The molecule has 4 aromatic rings. The van der Waals surface area contributed by atoms with Crippen molar-refractivity contribution in [1.82, 2.24) is 4.98 Å². The van der Waals surface area contributed by atoms with Gasteiger partial charge >= 0.3 is 0 Å². The van der Waals surface area contributed by atoms with Crippen molar-refractivity contribution in [3.63, 3.8) is 0 Å². The number of aromatic nitrogens is 1. The summed E-state index contributed by atoms with van der Waals surface area (Å²) in [5.41, 5.74) is 5.72. The van der Waals surface area contributed by atoms with Gasteiger partial charge < -0.3 is 4.74 Å². The van der Waals surface area contributed by atoms with Gasteiger partial charge in [-0.05, 0) is 116 Å². The molecule has 0 radical (unpaired) electrons. The normalized spacial score (nSPS) is 29.0. The van der Waals surface area contributed by atoms with Crippen molar-refractivity contribution in [2.75, 3.05) is 0 Å². The summed E-state index contributed by atoms with van der Waals surface area (Å²) in [5, 5.41) is 2.50. The van der Waals surface area contributed by atoms with Gasteiger partial charge in [0.05, 0.1) is 5.69 Å². The van der Waals surface area contributed by atoms with E-state index in [0.29, 0.717) is 0 Å². The first-order valence-corrected chi connectivity index (χ1v) is 13.3. The minimum Gasteiger partial charge on any atom is -0.487 e. The lowest BCUT2D eigenvalue weighted by Gasteiger charge is -2.59. The van der Waals surface area contributed by atoms with Gasteiger partial charge in [-0.1, -0.05) is 48.5 Å². The molecular formula is C33H33NO. The minimum absolute atomic E-state index is 0.00273. The third-order valence-electron chi connectivity index (χ3n) is 9.41. The van der Waals surface area contributed by atoms with Crippen molar-refractivity contribution >= 4 is 10.8 Å². The maximum atomic E-state index is 6.90. The van der Waals surface area contributed by atoms with Gasteiger partial charge in [0.1, 0.15) is 11.4 Å². The maximum Gasteiger partial charge on any atom is 0.123 e. The van der Waals surface area contributed by atoms with Crippen LogP contribution in [0, 0.1) is 30.6 Å². The van der Waals surface area contributed by atoms with Gasteiger partial charge in [-0.15, -0.1) is 0 Å². The van der Waals surface area contributed by atoms with Crippen molar-refractivity contribution in [2.24, 2.45) is 23.7 Å². The molecule has 4 aliphatic rings. The molecular weight excluding hydrogens is 426 g/mol. The van der Waals surface area contributed by atoms with E-state index in [4.69, 9.17) is 9.72 Å². The van der Waals surface area contributed by atoms with Crippen LogP contribution in [0.1, 0.15) is 44.6 Å². The highest BCUT2D eigenvalue weighted by molar-refractivity contribution is 5.86. The number of hydrogen-bond acceptors (Lipinski definition) is 2. The van der Waals surface area contributed by atoms with Crippen LogP contribution in [0.4, 0.5) is 0 Å². The molecule has 0 saturated heterocycles. The number of pyridine rings is 1. The predicted octanol–water partition coefficient (Wildman–Crippen LogP) is 8.47. The molecule has 0 amide bonds. The summed E-state index contributed by atoms with van der Waals surface area (Å²) in [7, 11) is 0. The maximum absolute atomic E-state index is 6.90. The van der Waals surface area contributed by atoms with Gasteiger partial charge in [0.25, 0.3) is 0 Å². The van der Waals surface area contributed by atoms with E-state index in [1.165, 1.54) is 54.0 Å². The molecule has 35 heavy (non-hydrogen) atoms. The first-order valence-electron chi connectivity index (χ1n) is 13.3. The van der Waals surface area contributed by atoms with Crippen molar-refractivity contribution in [1.29, 1.82) is 0 Å². The molecule has 0 unspecified atom stereocenters. The summed E-state index contributed by atoms with van der Waals surface area (Å²) in [4.78, 5) is 4.81. The van der Waals surface area contributed by atoms with Crippen LogP contribution in [0.5, 0.6) is 5.75 Å². The van der Waals surface area contributed by atoms with Crippen LogP contribution in [0.3, 0.4) is 0 Å². The molecule has 176 valence electrons. The van der Waals surface area contributed by atoms with Crippen LogP contribution in [-0.4, -0.2) is 10.6 Å². The molecule has 0 aliphatic heterocycles. The first-order chi connectivity index (χ1) is 17.0. The van der Waals surface area contributed by atoms with Gasteiger partial charge in [0.2, 0.25) is 0 Å². The average molecular weight is 460 g/mol. The Bertz CT molecular complexity index is 1370. The van der Waals surface area contributed by atoms with Crippen LogP contribution >= 0.6 is 0 Å². The van der Waals surface area contributed by atoms with E-state index in [2.05, 4.69) is 86.6 Å². The minimum atomic E-state index is 0.00273. The summed E-state index contributed by atoms with van der Waals surface area (Å²) in [6.45, 7) is 4.60. The number of rotatable bonds is 4. The Kier molecular flexibility index (Phi) is 4.81. The van der Waals surface area contributed by atoms with Gasteiger partial charge in [0.15, 0.2) is 0 Å². The van der Waals surface area contributed by atoms with Gasteiger partial charge in [0, 0.05) is 17.3 Å². The zero-order valence-electron chi connectivity index (χ0n) is 20.7. The SMILES string of the molecule is Cc1cc(-c2ccc(-c3ccc4ccccc4c3)nc2)ccc1OC1(C)C2CC3CC(C2)CC1C3. The van der Waals surface area contributed by atoms with E-state index in [0.717, 1.165) is 46.2 Å². The summed E-state index contributed by atoms with van der Waals surface area (Å²) < 4.78 is 6.90. The molecule has 4 fully saturated rings. The zero-order valence-corrected chi connectivity index (χ0v) is 20.7. The van der Waals surface area contributed by atoms with Crippen LogP contribution in [-0.2, 0) is 0 Å². The average Bonchev–Trinajstić information content (AvgIpc) is 2.88. The van der Waals surface area contributed by atoms with Crippen LogP contribution in [0.25, 0.3) is 33.2 Å². The van der Waals surface area contributed by atoms with E-state index < -0.39 is 0 Å². The molecule has 4 saturated carbocycles. The number of aryl methyl sites for hydroxylation is 1. The van der Waals surface area contributed by atoms with Gasteiger partial charge in [-0.25, -0.2) is 0 Å². The number of fused-ring (bicyclic) bond motifs is 1. The second-order valence-corrected chi connectivity index (χ2v) is 11.6. The predicted molar refractivity (Wildman–Crippen MR) is 143 cm³/mol. The summed E-state index contributed by atoms with van der Waals surface area (Å²) in [5.74, 6) is 4.43. The molecule has 4 aliphatic carbocycles. The molecule has 0 N–H and O–H groups in total. The van der Waals surface area contributed by atoms with E-state index in [1.54, 1.807) is 0 Å². The van der Waals surface area contributed by atoms with Crippen LogP contribution in [0.2, 0.25) is 0 Å². The number of nitrogens with zero attached hydrogens (tertiary/aromatic N) is 1. The van der Waals surface area contributed by atoms with Crippen molar-refractivity contribution in [2.45, 2.75) is 51.6 Å². The Balaban J connectivity index is 1.12. The highest BCUT2D eigenvalue weighted by Crippen LogP contribution is 2.59. The smallest absolute Gasteiger partial charge is 0.123 e. The molecule has 1 aromatic heterocycles. The molecule has 8 rings (SSSR count). The van der Waals surface area contributed by atoms with Gasteiger partial charge in [-0.2, -0.15) is 0 Å². The lowest BCUT2D eigenvalue weighted by molar-refractivity contribution is -0.145. The third kappa shape index (κ3) is 3.57. The van der Waals surface area contributed by atoms with Crippen molar-refractivity contribution in [3.8, 4) is 28.1 Å². The largest absolute Gasteiger partial charge is 0.487 e. The summed E-state index contributed by atoms with van der Waals surface area (Å²) in [6.07, 6.45) is 8.96. The first kappa shape index (κ1) is 21.2. The molecule has 2 heteroatoms. The fraction of sp³-hybridized carbons (Fsp3) is 0.364. The highest BCUT2D eigenvalue weighted by atomic mass is 16.5.